The lowest BCUT2D eigenvalue weighted by Gasteiger charge is -2.16. The smallest absolute Gasteiger partial charge is 0.265 e. The zero-order valence-corrected chi connectivity index (χ0v) is 12.3. The molecule has 0 aliphatic heterocycles. The number of halogens is 2. The van der Waals surface area contributed by atoms with Gasteiger partial charge in [-0.05, 0) is 31.2 Å². The number of carbonyl (C=O) groups is 1. The van der Waals surface area contributed by atoms with E-state index < -0.39 is 6.10 Å². The Kier molecular flexibility index (Phi) is 4.88. The van der Waals surface area contributed by atoms with Gasteiger partial charge in [0.25, 0.3) is 5.91 Å². The molecule has 3 nitrogen and oxygen atoms in total. The SMILES string of the molecule is C[C@@H](Oc1ccccc1Cl)C(=O)Nc1ccccc1Cl. The van der Waals surface area contributed by atoms with Crippen LogP contribution in [0.1, 0.15) is 6.92 Å². The number of amides is 1. The molecule has 0 fully saturated rings. The number of hydrogen-bond acceptors (Lipinski definition) is 2. The maximum absolute atomic E-state index is 12.0. The van der Waals surface area contributed by atoms with E-state index in [0.717, 1.165) is 0 Å². The van der Waals surface area contributed by atoms with Crippen LogP contribution in [0.3, 0.4) is 0 Å². The minimum absolute atomic E-state index is 0.294. The van der Waals surface area contributed by atoms with Gasteiger partial charge in [0.05, 0.1) is 15.7 Å². The summed E-state index contributed by atoms with van der Waals surface area (Å²) >= 11 is 12.0. The standard InChI is InChI=1S/C15H13Cl2NO2/c1-10(20-14-9-5-3-7-12(14)17)15(19)18-13-8-4-2-6-11(13)16/h2-10H,1H3,(H,18,19)/t10-/m1/s1. The number of anilines is 1. The Balaban J connectivity index is 2.03. The van der Waals surface area contributed by atoms with Gasteiger partial charge in [-0.1, -0.05) is 47.5 Å². The molecule has 0 bridgehead atoms. The molecule has 104 valence electrons. The minimum Gasteiger partial charge on any atom is -0.479 e. The summed E-state index contributed by atoms with van der Waals surface area (Å²) < 4.78 is 5.53. The predicted molar refractivity (Wildman–Crippen MR) is 81.6 cm³/mol. The van der Waals surface area contributed by atoms with E-state index in [9.17, 15) is 4.79 Å². The molecule has 2 aromatic carbocycles. The Bertz CT molecular complexity index is 616. The van der Waals surface area contributed by atoms with Crippen molar-refractivity contribution in [3.05, 3.63) is 58.6 Å². The predicted octanol–water partition coefficient (Wildman–Crippen LogP) is 4.40. The van der Waals surface area contributed by atoms with Crippen LogP contribution in [-0.2, 0) is 4.79 Å². The topological polar surface area (TPSA) is 38.3 Å². The van der Waals surface area contributed by atoms with Crippen molar-refractivity contribution in [3.63, 3.8) is 0 Å². The molecule has 0 saturated heterocycles. The second-order valence-corrected chi connectivity index (χ2v) is 4.97. The van der Waals surface area contributed by atoms with Gasteiger partial charge >= 0.3 is 0 Å². The van der Waals surface area contributed by atoms with E-state index in [2.05, 4.69) is 5.32 Å². The highest BCUT2D eigenvalue weighted by Gasteiger charge is 2.16. The molecule has 0 spiro atoms. The first-order chi connectivity index (χ1) is 9.58. The maximum Gasteiger partial charge on any atom is 0.265 e. The number of para-hydroxylation sites is 2. The van der Waals surface area contributed by atoms with Crippen LogP contribution in [0.4, 0.5) is 5.69 Å². The monoisotopic (exact) mass is 309 g/mol. The average molecular weight is 310 g/mol. The number of hydrogen-bond donors (Lipinski definition) is 1. The molecule has 1 atom stereocenters. The van der Waals surface area contributed by atoms with Gasteiger partial charge in [0.15, 0.2) is 6.10 Å². The van der Waals surface area contributed by atoms with Crippen molar-refractivity contribution in [3.8, 4) is 5.75 Å². The molecule has 5 heteroatoms. The van der Waals surface area contributed by atoms with Crippen molar-refractivity contribution < 1.29 is 9.53 Å². The number of ether oxygens (including phenoxy) is 1. The fourth-order valence-electron chi connectivity index (χ4n) is 1.58. The first-order valence-electron chi connectivity index (χ1n) is 6.04. The molecule has 0 aromatic heterocycles. The number of nitrogens with one attached hydrogen (secondary N) is 1. The van der Waals surface area contributed by atoms with Crippen LogP contribution in [0.25, 0.3) is 0 Å². The fourth-order valence-corrected chi connectivity index (χ4v) is 1.94. The van der Waals surface area contributed by atoms with Crippen molar-refractivity contribution in [2.24, 2.45) is 0 Å². The molecular weight excluding hydrogens is 297 g/mol. The lowest BCUT2D eigenvalue weighted by atomic mass is 10.3. The molecule has 20 heavy (non-hydrogen) atoms. The second-order valence-electron chi connectivity index (χ2n) is 4.16. The van der Waals surface area contributed by atoms with Gasteiger partial charge in [0.1, 0.15) is 5.75 Å². The third-order valence-electron chi connectivity index (χ3n) is 2.64. The van der Waals surface area contributed by atoms with Crippen molar-refractivity contribution in [1.82, 2.24) is 0 Å². The molecule has 1 N–H and O–H groups in total. The second kappa shape index (κ2) is 6.64. The number of benzene rings is 2. The normalized spacial score (nSPS) is 11.8. The molecule has 0 aliphatic carbocycles. The van der Waals surface area contributed by atoms with Gasteiger partial charge in [-0.3, -0.25) is 4.79 Å². The van der Waals surface area contributed by atoms with Crippen molar-refractivity contribution in [1.29, 1.82) is 0 Å². The molecule has 0 radical (unpaired) electrons. The summed E-state index contributed by atoms with van der Waals surface area (Å²) in [4.78, 5) is 12.0. The third-order valence-corrected chi connectivity index (χ3v) is 3.28. The van der Waals surface area contributed by atoms with Gasteiger partial charge < -0.3 is 10.1 Å². The van der Waals surface area contributed by atoms with E-state index >= 15 is 0 Å². The summed E-state index contributed by atoms with van der Waals surface area (Å²) in [6.45, 7) is 1.65. The summed E-state index contributed by atoms with van der Waals surface area (Å²) in [7, 11) is 0. The highest BCUT2D eigenvalue weighted by atomic mass is 35.5. The maximum atomic E-state index is 12.0. The zero-order chi connectivity index (χ0) is 14.5. The molecular formula is C15H13Cl2NO2. The molecule has 0 aliphatic rings. The van der Waals surface area contributed by atoms with Crippen molar-refractivity contribution in [2.45, 2.75) is 13.0 Å². The van der Waals surface area contributed by atoms with E-state index in [1.54, 1.807) is 55.5 Å². The summed E-state index contributed by atoms with van der Waals surface area (Å²) in [5, 5.41) is 3.65. The summed E-state index contributed by atoms with van der Waals surface area (Å²) in [6, 6.07) is 14.0. The number of carbonyl (C=O) groups excluding carboxylic acids is 1. The van der Waals surface area contributed by atoms with Gasteiger partial charge in [-0.15, -0.1) is 0 Å². The Morgan fingerprint density at radius 2 is 1.65 bits per heavy atom. The van der Waals surface area contributed by atoms with Gasteiger partial charge in [-0.2, -0.15) is 0 Å². The summed E-state index contributed by atoms with van der Waals surface area (Å²) in [5.74, 6) is 0.175. The Morgan fingerprint density at radius 3 is 2.30 bits per heavy atom. The zero-order valence-electron chi connectivity index (χ0n) is 10.8. The first kappa shape index (κ1) is 14.7. The molecule has 0 unspecified atom stereocenters. The van der Waals surface area contributed by atoms with Gasteiger partial charge in [-0.25, -0.2) is 0 Å². The van der Waals surface area contributed by atoms with Crippen LogP contribution in [0.2, 0.25) is 10.0 Å². The fraction of sp³-hybridized carbons (Fsp3) is 0.133. The van der Waals surface area contributed by atoms with Crippen molar-refractivity contribution in [2.75, 3.05) is 5.32 Å². The highest BCUT2D eigenvalue weighted by Crippen LogP contribution is 2.25. The third kappa shape index (κ3) is 3.65. The first-order valence-corrected chi connectivity index (χ1v) is 6.80. The molecule has 2 aromatic rings. The van der Waals surface area contributed by atoms with E-state index in [4.69, 9.17) is 27.9 Å². The Labute approximate surface area is 127 Å². The molecule has 2 rings (SSSR count). The van der Waals surface area contributed by atoms with Crippen LogP contribution in [0.5, 0.6) is 5.75 Å². The van der Waals surface area contributed by atoms with Crippen LogP contribution >= 0.6 is 23.2 Å². The lowest BCUT2D eigenvalue weighted by molar-refractivity contribution is -0.122. The van der Waals surface area contributed by atoms with Crippen LogP contribution in [-0.4, -0.2) is 12.0 Å². The quantitative estimate of drug-likeness (QED) is 0.909. The Morgan fingerprint density at radius 1 is 1.05 bits per heavy atom. The van der Waals surface area contributed by atoms with Gasteiger partial charge in [0.2, 0.25) is 0 Å². The average Bonchev–Trinajstić information content (AvgIpc) is 2.43. The summed E-state index contributed by atoms with van der Waals surface area (Å²) in [5.41, 5.74) is 0.550. The van der Waals surface area contributed by atoms with Crippen molar-refractivity contribution >= 4 is 34.8 Å². The van der Waals surface area contributed by atoms with E-state index in [0.29, 0.717) is 21.5 Å². The minimum atomic E-state index is -0.689. The molecule has 1 amide bonds. The largest absolute Gasteiger partial charge is 0.479 e. The van der Waals surface area contributed by atoms with Crippen LogP contribution < -0.4 is 10.1 Å². The van der Waals surface area contributed by atoms with Crippen LogP contribution in [0, 0.1) is 0 Å². The Hall–Kier alpha value is -1.71. The highest BCUT2D eigenvalue weighted by molar-refractivity contribution is 6.33. The van der Waals surface area contributed by atoms with E-state index in [1.807, 2.05) is 0 Å². The lowest BCUT2D eigenvalue weighted by Crippen LogP contribution is -2.30. The molecule has 0 saturated carbocycles. The van der Waals surface area contributed by atoms with Crippen LogP contribution in [0.15, 0.2) is 48.5 Å². The van der Waals surface area contributed by atoms with E-state index in [-0.39, 0.29) is 5.91 Å². The van der Waals surface area contributed by atoms with Gasteiger partial charge in [0, 0.05) is 0 Å². The number of rotatable bonds is 4. The van der Waals surface area contributed by atoms with E-state index in [1.165, 1.54) is 0 Å². The summed E-state index contributed by atoms with van der Waals surface area (Å²) in [6.07, 6.45) is -0.689. The molecule has 0 heterocycles.